The Morgan fingerprint density at radius 1 is 1.27 bits per heavy atom. The Morgan fingerprint density at radius 2 is 2.05 bits per heavy atom. The van der Waals surface area contributed by atoms with Crippen molar-refractivity contribution < 1.29 is 4.79 Å². The highest BCUT2D eigenvalue weighted by Gasteiger charge is 2.18. The monoisotopic (exact) mass is 318 g/mol. The van der Waals surface area contributed by atoms with Gasteiger partial charge in [-0.05, 0) is 48.7 Å². The number of fused-ring (bicyclic) bond motifs is 1. The van der Waals surface area contributed by atoms with Gasteiger partial charge in [0.25, 0.3) is 0 Å². The third-order valence-corrected chi connectivity index (χ3v) is 4.25. The van der Waals surface area contributed by atoms with Gasteiger partial charge in [-0.1, -0.05) is 36.4 Å². The standard InChI is InChI=1S/C18H22N2O.ClH/c1-13(20-18(21)12-17-7-4-10-19-17)15-9-8-14-5-2-3-6-16(14)11-15;/h2-3,5-6,8-9,11,13,17,19H,4,7,10,12H2,1H3,(H,20,21);1H. The van der Waals surface area contributed by atoms with Gasteiger partial charge in [-0.25, -0.2) is 0 Å². The lowest BCUT2D eigenvalue weighted by atomic mass is 10.0. The van der Waals surface area contributed by atoms with Gasteiger partial charge in [0.05, 0.1) is 6.04 Å². The summed E-state index contributed by atoms with van der Waals surface area (Å²) >= 11 is 0. The Labute approximate surface area is 137 Å². The minimum atomic E-state index is 0. The van der Waals surface area contributed by atoms with Crippen molar-refractivity contribution in [3.8, 4) is 0 Å². The second kappa shape index (κ2) is 7.61. The van der Waals surface area contributed by atoms with Crippen molar-refractivity contribution in [3.63, 3.8) is 0 Å². The predicted molar refractivity (Wildman–Crippen MR) is 93.4 cm³/mol. The van der Waals surface area contributed by atoms with Crippen molar-refractivity contribution in [2.24, 2.45) is 0 Å². The van der Waals surface area contributed by atoms with Crippen LogP contribution in [-0.2, 0) is 4.79 Å². The molecule has 2 atom stereocenters. The first-order chi connectivity index (χ1) is 10.2. The summed E-state index contributed by atoms with van der Waals surface area (Å²) < 4.78 is 0. The number of rotatable bonds is 4. The molecule has 1 aliphatic rings. The highest BCUT2D eigenvalue weighted by atomic mass is 35.5. The van der Waals surface area contributed by atoms with Gasteiger partial charge in [-0.3, -0.25) is 4.79 Å². The van der Waals surface area contributed by atoms with Gasteiger partial charge < -0.3 is 10.6 Å². The Hall–Kier alpha value is -1.58. The number of nitrogens with one attached hydrogen (secondary N) is 2. The third-order valence-electron chi connectivity index (χ3n) is 4.25. The first-order valence-corrected chi connectivity index (χ1v) is 7.74. The maximum Gasteiger partial charge on any atom is 0.222 e. The van der Waals surface area contributed by atoms with Gasteiger partial charge in [0.2, 0.25) is 5.91 Å². The Bertz CT molecular complexity index is 638. The van der Waals surface area contributed by atoms with Crippen LogP contribution in [0.2, 0.25) is 0 Å². The smallest absolute Gasteiger partial charge is 0.222 e. The highest BCUT2D eigenvalue weighted by molar-refractivity contribution is 5.85. The number of halogens is 1. The fourth-order valence-electron chi connectivity index (χ4n) is 3.02. The minimum Gasteiger partial charge on any atom is -0.350 e. The molecule has 0 aromatic heterocycles. The molecule has 1 saturated heterocycles. The molecular formula is C18H23ClN2O. The van der Waals surface area contributed by atoms with Crippen molar-refractivity contribution in [2.75, 3.05) is 6.54 Å². The van der Waals surface area contributed by atoms with Crippen LogP contribution < -0.4 is 10.6 Å². The van der Waals surface area contributed by atoms with Crippen LogP contribution in [0.1, 0.15) is 37.8 Å². The molecule has 2 aromatic rings. The van der Waals surface area contributed by atoms with Crippen molar-refractivity contribution in [2.45, 2.75) is 38.3 Å². The summed E-state index contributed by atoms with van der Waals surface area (Å²) in [6.45, 7) is 3.09. The predicted octanol–water partition coefficient (Wildman–Crippen LogP) is 3.58. The molecule has 3 rings (SSSR count). The van der Waals surface area contributed by atoms with E-state index in [-0.39, 0.29) is 24.4 Å². The Morgan fingerprint density at radius 3 is 2.77 bits per heavy atom. The zero-order valence-corrected chi connectivity index (χ0v) is 13.7. The van der Waals surface area contributed by atoms with Crippen molar-refractivity contribution in [3.05, 3.63) is 48.0 Å². The molecule has 22 heavy (non-hydrogen) atoms. The lowest BCUT2D eigenvalue weighted by Gasteiger charge is -2.17. The second-order valence-electron chi connectivity index (χ2n) is 5.89. The van der Waals surface area contributed by atoms with Crippen molar-refractivity contribution in [1.29, 1.82) is 0 Å². The van der Waals surface area contributed by atoms with E-state index in [9.17, 15) is 4.79 Å². The van der Waals surface area contributed by atoms with Crippen LogP contribution in [0.3, 0.4) is 0 Å². The molecule has 2 N–H and O–H groups in total. The van der Waals surface area contributed by atoms with E-state index in [0.29, 0.717) is 12.5 Å². The van der Waals surface area contributed by atoms with Crippen LogP contribution in [0.25, 0.3) is 10.8 Å². The molecule has 3 nitrogen and oxygen atoms in total. The SMILES string of the molecule is CC(NC(=O)CC1CCCN1)c1ccc2ccccc2c1.Cl. The lowest BCUT2D eigenvalue weighted by molar-refractivity contribution is -0.122. The summed E-state index contributed by atoms with van der Waals surface area (Å²) in [5.41, 5.74) is 1.15. The van der Waals surface area contributed by atoms with Crippen LogP contribution >= 0.6 is 12.4 Å². The van der Waals surface area contributed by atoms with E-state index in [0.717, 1.165) is 18.5 Å². The average molecular weight is 319 g/mol. The third kappa shape index (κ3) is 3.99. The van der Waals surface area contributed by atoms with E-state index < -0.39 is 0 Å². The zero-order valence-electron chi connectivity index (χ0n) is 12.8. The van der Waals surface area contributed by atoms with Crippen LogP contribution in [0.15, 0.2) is 42.5 Å². The van der Waals surface area contributed by atoms with E-state index in [1.54, 1.807) is 0 Å². The van der Waals surface area contributed by atoms with Crippen LogP contribution in [0.5, 0.6) is 0 Å². The maximum absolute atomic E-state index is 12.1. The van der Waals surface area contributed by atoms with Gasteiger partial charge in [0, 0.05) is 12.5 Å². The molecule has 0 spiro atoms. The molecule has 2 aromatic carbocycles. The Kier molecular flexibility index (Phi) is 5.81. The molecule has 0 aliphatic carbocycles. The van der Waals surface area contributed by atoms with Gasteiger partial charge in [-0.2, -0.15) is 0 Å². The molecule has 0 radical (unpaired) electrons. The van der Waals surface area contributed by atoms with Crippen LogP contribution in [0.4, 0.5) is 0 Å². The number of benzene rings is 2. The second-order valence-corrected chi connectivity index (χ2v) is 5.89. The van der Waals surface area contributed by atoms with Crippen LogP contribution in [0, 0.1) is 0 Å². The van der Waals surface area contributed by atoms with Crippen LogP contribution in [-0.4, -0.2) is 18.5 Å². The average Bonchev–Trinajstić information content (AvgIpc) is 2.99. The molecule has 0 bridgehead atoms. The Balaban J connectivity index is 0.00000176. The van der Waals surface area contributed by atoms with Gasteiger partial charge >= 0.3 is 0 Å². The first-order valence-electron chi connectivity index (χ1n) is 7.74. The van der Waals surface area contributed by atoms with Gasteiger partial charge in [-0.15, -0.1) is 12.4 Å². The molecule has 1 heterocycles. The molecule has 4 heteroatoms. The molecular weight excluding hydrogens is 296 g/mol. The molecule has 118 valence electrons. The summed E-state index contributed by atoms with van der Waals surface area (Å²) in [4.78, 5) is 12.1. The largest absolute Gasteiger partial charge is 0.350 e. The van der Waals surface area contributed by atoms with E-state index in [4.69, 9.17) is 0 Å². The van der Waals surface area contributed by atoms with E-state index in [1.165, 1.54) is 17.2 Å². The summed E-state index contributed by atoms with van der Waals surface area (Å²) in [7, 11) is 0. The molecule has 1 amide bonds. The summed E-state index contributed by atoms with van der Waals surface area (Å²) in [5.74, 6) is 0.134. The van der Waals surface area contributed by atoms with Gasteiger partial charge in [0.15, 0.2) is 0 Å². The number of carbonyl (C=O) groups is 1. The van der Waals surface area contributed by atoms with Crippen molar-refractivity contribution in [1.82, 2.24) is 10.6 Å². The summed E-state index contributed by atoms with van der Waals surface area (Å²) in [5, 5.41) is 8.92. The number of hydrogen-bond acceptors (Lipinski definition) is 2. The number of hydrogen-bond donors (Lipinski definition) is 2. The molecule has 1 fully saturated rings. The quantitative estimate of drug-likeness (QED) is 0.904. The fraction of sp³-hybridized carbons (Fsp3) is 0.389. The molecule has 2 unspecified atom stereocenters. The van der Waals surface area contributed by atoms with Gasteiger partial charge in [0.1, 0.15) is 0 Å². The normalized spacial score (nSPS) is 18.7. The van der Waals surface area contributed by atoms with E-state index in [2.05, 4.69) is 41.0 Å². The highest BCUT2D eigenvalue weighted by Crippen LogP contribution is 2.20. The fourth-order valence-corrected chi connectivity index (χ4v) is 3.02. The topological polar surface area (TPSA) is 41.1 Å². The summed E-state index contributed by atoms with van der Waals surface area (Å²) in [6.07, 6.45) is 2.87. The lowest BCUT2D eigenvalue weighted by Crippen LogP contribution is -2.33. The first kappa shape index (κ1) is 16.8. The molecule has 1 aliphatic heterocycles. The zero-order chi connectivity index (χ0) is 14.7. The number of carbonyl (C=O) groups excluding carboxylic acids is 1. The van der Waals surface area contributed by atoms with E-state index in [1.807, 2.05) is 19.1 Å². The van der Waals surface area contributed by atoms with E-state index >= 15 is 0 Å². The molecule has 0 saturated carbocycles. The summed E-state index contributed by atoms with van der Waals surface area (Å²) in [6, 6.07) is 15.1. The number of amides is 1. The minimum absolute atomic E-state index is 0. The maximum atomic E-state index is 12.1. The van der Waals surface area contributed by atoms with Crippen molar-refractivity contribution >= 4 is 29.1 Å².